The van der Waals surface area contributed by atoms with Gasteiger partial charge in [0.2, 0.25) is 0 Å². The molecule has 3 heteroatoms. The highest BCUT2D eigenvalue weighted by Crippen LogP contribution is 2.26. The molecule has 0 aliphatic carbocycles. The van der Waals surface area contributed by atoms with Crippen LogP contribution in [-0.2, 0) is 6.54 Å². The molecule has 114 valence electrons. The van der Waals surface area contributed by atoms with Crippen LogP contribution in [-0.4, -0.2) is 36.3 Å². The number of hydrogen-bond donors (Lipinski definition) is 1. The van der Waals surface area contributed by atoms with Gasteiger partial charge in [0.1, 0.15) is 12.4 Å². The molecule has 0 spiro atoms. The van der Waals surface area contributed by atoms with Gasteiger partial charge in [0, 0.05) is 23.7 Å². The average Bonchev–Trinajstić information content (AvgIpc) is 2.53. The van der Waals surface area contributed by atoms with E-state index in [9.17, 15) is 0 Å². The van der Waals surface area contributed by atoms with Gasteiger partial charge in [0.05, 0.1) is 7.11 Å². The van der Waals surface area contributed by atoms with Crippen LogP contribution < -0.4 is 4.74 Å². The van der Waals surface area contributed by atoms with Gasteiger partial charge in [0.25, 0.3) is 0 Å². The van der Waals surface area contributed by atoms with Gasteiger partial charge in [-0.05, 0) is 44.0 Å². The number of piperidine rings is 1. The van der Waals surface area contributed by atoms with Crippen LogP contribution in [0.4, 0.5) is 0 Å². The largest absolute Gasteiger partial charge is 0.496 e. The van der Waals surface area contributed by atoms with Crippen LogP contribution in [0, 0.1) is 11.8 Å². The lowest BCUT2D eigenvalue weighted by Gasteiger charge is -2.35. The first-order valence-corrected chi connectivity index (χ1v) is 7.79. The van der Waals surface area contributed by atoms with E-state index in [1.54, 1.807) is 7.11 Å². The third kappa shape index (κ3) is 4.23. The van der Waals surface area contributed by atoms with Crippen molar-refractivity contribution in [1.29, 1.82) is 0 Å². The number of likely N-dealkylation sites (tertiary alicyclic amines) is 1. The Labute approximate surface area is 127 Å². The minimum absolute atomic E-state index is 0.106. The number of benzene rings is 1. The maximum absolute atomic E-state index is 8.82. The highest BCUT2D eigenvalue weighted by atomic mass is 16.5. The minimum atomic E-state index is -0.106. The lowest BCUT2D eigenvalue weighted by molar-refractivity contribution is 0.135. The van der Waals surface area contributed by atoms with Gasteiger partial charge in [-0.15, -0.1) is 0 Å². The third-order valence-electron chi connectivity index (χ3n) is 4.19. The molecule has 2 rings (SSSR count). The predicted molar refractivity (Wildman–Crippen MR) is 85.3 cm³/mol. The summed E-state index contributed by atoms with van der Waals surface area (Å²) in [5, 5.41) is 8.82. The summed E-state index contributed by atoms with van der Waals surface area (Å²) >= 11 is 0. The minimum Gasteiger partial charge on any atom is -0.496 e. The number of rotatable bonds is 4. The second-order valence-corrected chi connectivity index (χ2v) is 5.51. The fourth-order valence-electron chi connectivity index (χ4n) is 3.07. The zero-order valence-electron chi connectivity index (χ0n) is 13.1. The Bertz CT molecular complexity index is 516. The molecule has 3 nitrogen and oxygen atoms in total. The Morgan fingerprint density at radius 3 is 2.95 bits per heavy atom. The first-order chi connectivity index (χ1) is 10.3. The Kier molecular flexibility index (Phi) is 6.10. The summed E-state index contributed by atoms with van der Waals surface area (Å²) in [6.07, 6.45) is 5.12. The summed E-state index contributed by atoms with van der Waals surface area (Å²) in [5.41, 5.74) is 2.12. The number of nitrogens with zero attached hydrogens (tertiary/aromatic N) is 1. The smallest absolute Gasteiger partial charge is 0.123 e. The Hall–Kier alpha value is -1.50. The van der Waals surface area contributed by atoms with Gasteiger partial charge < -0.3 is 9.84 Å². The maximum atomic E-state index is 8.82. The molecule has 1 aliphatic rings. The van der Waals surface area contributed by atoms with Crippen LogP contribution in [0.2, 0.25) is 0 Å². The van der Waals surface area contributed by atoms with E-state index in [4.69, 9.17) is 9.84 Å². The predicted octanol–water partition coefficient (Wildman–Crippen LogP) is 2.80. The molecule has 0 saturated carbocycles. The molecule has 1 aliphatic heterocycles. The SMILES string of the molecule is CCC1CCCCN1Cc1cc(C#CCO)ccc1OC. The molecule has 1 fully saturated rings. The molecule has 1 aromatic rings. The van der Waals surface area contributed by atoms with Crippen molar-refractivity contribution in [1.82, 2.24) is 4.90 Å². The lowest BCUT2D eigenvalue weighted by atomic mass is 9.98. The van der Waals surface area contributed by atoms with Crippen molar-refractivity contribution in [3.63, 3.8) is 0 Å². The van der Waals surface area contributed by atoms with Crippen molar-refractivity contribution in [2.75, 3.05) is 20.3 Å². The van der Waals surface area contributed by atoms with Gasteiger partial charge in [-0.25, -0.2) is 0 Å². The van der Waals surface area contributed by atoms with Crippen LogP contribution in [0.5, 0.6) is 5.75 Å². The fraction of sp³-hybridized carbons (Fsp3) is 0.556. The van der Waals surface area contributed by atoms with Gasteiger partial charge in [-0.1, -0.05) is 25.2 Å². The van der Waals surface area contributed by atoms with E-state index in [2.05, 4.69) is 29.7 Å². The first-order valence-electron chi connectivity index (χ1n) is 7.79. The van der Waals surface area contributed by atoms with Crippen molar-refractivity contribution < 1.29 is 9.84 Å². The number of aliphatic hydroxyl groups excluding tert-OH is 1. The monoisotopic (exact) mass is 287 g/mol. The van der Waals surface area contributed by atoms with E-state index >= 15 is 0 Å². The summed E-state index contributed by atoms with van der Waals surface area (Å²) < 4.78 is 5.49. The third-order valence-corrected chi connectivity index (χ3v) is 4.19. The molecular formula is C18H25NO2. The molecule has 0 amide bonds. The molecular weight excluding hydrogens is 262 g/mol. The van der Waals surface area contributed by atoms with Crippen LogP contribution in [0.25, 0.3) is 0 Å². The lowest BCUT2D eigenvalue weighted by Crippen LogP contribution is -2.38. The van der Waals surface area contributed by atoms with Gasteiger partial charge >= 0.3 is 0 Å². The summed E-state index contributed by atoms with van der Waals surface area (Å²) in [7, 11) is 1.71. The van der Waals surface area contributed by atoms with Gasteiger partial charge in [-0.3, -0.25) is 4.90 Å². The number of ether oxygens (including phenoxy) is 1. The van der Waals surface area contributed by atoms with E-state index in [1.165, 1.54) is 31.2 Å². The second kappa shape index (κ2) is 8.07. The molecule has 0 aromatic heterocycles. The molecule has 1 N–H and O–H groups in total. The summed E-state index contributed by atoms with van der Waals surface area (Å²) in [4.78, 5) is 2.56. The summed E-state index contributed by atoms with van der Waals surface area (Å²) in [5.74, 6) is 6.60. The van der Waals surface area contributed by atoms with Crippen LogP contribution >= 0.6 is 0 Å². The van der Waals surface area contributed by atoms with Crippen LogP contribution in [0.15, 0.2) is 18.2 Å². The van der Waals surface area contributed by atoms with Crippen molar-refractivity contribution in [3.05, 3.63) is 29.3 Å². The molecule has 1 atom stereocenters. The second-order valence-electron chi connectivity index (χ2n) is 5.51. The van der Waals surface area contributed by atoms with E-state index in [0.717, 1.165) is 24.4 Å². The molecule has 1 unspecified atom stereocenters. The summed E-state index contributed by atoms with van der Waals surface area (Å²) in [6.45, 7) is 4.24. The van der Waals surface area contributed by atoms with Gasteiger partial charge in [-0.2, -0.15) is 0 Å². The molecule has 1 heterocycles. The molecule has 21 heavy (non-hydrogen) atoms. The molecule has 1 saturated heterocycles. The quantitative estimate of drug-likeness (QED) is 0.864. The van der Waals surface area contributed by atoms with E-state index in [1.807, 2.05) is 12.1 Å². The zero-order valence-corrected chi connectivity index (χ0v) is 13.1. The van der Waals surface area contributed by atoms with Crippen LogP contribution in [0.1, 0.15) is 43.7 Å². The van der Waals surface area contributed by atoms with Crippen molar-refractivity contribution in [2.45, 2.75) is 45.2 Å². The Morgan fingerprint density at radius 1 is 1.38 bits per heavy atom. The van der Waals surface area contributed by atoms with E-state index in [0.29, 0.717) is 6.04 Å². The summed E-state index contributed by atoms with van der Waals surface area (Å²) in [6, 6.07) is 6.68. The number of hydrogen-bond acceptors (Lipinski definition) is 3. The fourth-order valence-corrected chi connectivity index (χ4v) is 3.07. The zero-order chi connectivity index (χ0) is 15.1. The average molecular weight is 287 g/mol. The number of methoxy groups -OCH3 is 1. The first kappa shape index (κ1) is 15.9. The maximum Gasteiger partial charge on any atom is 0.123 e. The Balaban J connectivity index is 2.19. The topological polar surface area (TPSA) is 32.7 Å². The standard InChI is InChI=1S/C18H25NO2/c1-3-17-8-4-5-11-19(17)14-16-13-15(7-6-12-20)9-10-18(16)21-2/h9-10,13,17,20H,3-5,8,11-12,14H2,1-2H3. The Morgan fingerprint density at radius 2 is 2.24 bits per heavy atom. The van der Waals surface area contributed by atoms with E-state index in [-0.39, 0.29) is 6.61 Å². The highest BCUT2D eigenvalue weighted by molar-refractivity contribution is 5.44. The number of aliphatic hydroxyl groups is 1. The molecule has 1 aromatic carbocycles. The molecule has 0 radical (unpaired) electrons. The van der Waals surface area contributed by atoms with Crippen molar-refractivity contribution in [2.24, 2.45) is 0 Å². The van der Waals surface area contributed by atoms with Crippen molar-refractivity contribution >= 4 is 0 Å². The molecule has 0 bridgehead atoms. The van der Waals surface area contributed by atoms with Crippen LogP contribution in [0.3, 0.4) is 0 Å². The highest BCUT2D eigenvalue weighted by Gasteiger charge is 2.21. The van der Waals surface area contributed by atoms with Gasteiger partial charge in [0.15, 0.2) is 0 Å². The van der Waals surface area contributed by atoms with Crippen molar-refractivity contribution in [3.8, 4) is 17.6 Å². The van der Waals surface area contributed by atoms with E-state index < -0.39 is 0 Å². The normalized spacial score (nSPS) is 18.9.